The highest BCUT2D eigenvalue weighted by Crippen LogP contribution is 2.33. The minimum Gasteiger partial charge on any atom is -0.497 e. The number of carbonyl (C=O) groups is 1. The number of likely N-dealkylation sites (tertiary alicyclic amines) is 1. The number of fused-ring (bicyclic) bond motifs is 1. The van der Waals surface area contributed by atoms with Gasteiger partial charge < -0.3 is 18.6 Å². The zero-order valence-corrected chi connectivity index (χ0v) is 15.3. The van der Waals surface area contributed by atoms with Crippen LogP contribution in [-0.4, -0.2) is 29.0 Å². The van der Waals surface area contributed by atoms with Gasteiger partial charge in [0.15, 0.2) is 0 Å². The van der Waals surface area contributed by atoms with E-state index in [1.165, 1.54) is 0 Å². The third-order valence-electron chi connectivity index (χ3n) is 5.35. The fourth-order valence-electron chi connectivity index (χ4n) is 3.93. The molecule has 136 valence electrons. The second kappa shape index (κ2) is 6.90. The highest BCUT2D eigenvalue weighted by molar-refractivity contribution is 5.99. The van der Waals surface area contributed by atoms with Gasteiger partial charge >= 0.3 is 0 Å². The Morgan fingerprint density at radius 3 is 2.85 bits per heavy atom. The number of benzene rings is 1. The van der Waals surface area contributed by atoms with Crippen molar-refractivity contribution in [1.29, 1.82) is 0 Å². The van der Waals surface area contributed by atoms with Gasteiger partial charge in [-0.15, -0.1) is 0 Å². The van der Waals surface area contributed by atoms with Crippen molar-refractivity contribution in [3.8, 4) is 5.75 Å². The van der Waals surface area contributed by atoms with E-state index in [1.54, 1.807) is 13.4 Å². The zero-order chi connectivity index (χ0) is 18.1. The Morgan fingerprint density at radius 2 is 2.08 bits per heavy atom. The molecule has 3 heterocycles. The average molecular weight is 352 g/mol. The van der Waals surface area contributed by atoms with E-state index in [9.17, 15) is 4.79 Å². The Balaban J connectivity index is 1.73. The second-order valence-corrected chi connectivity index (χ2v) is 6.89. The Kier molecular flexibility index (Phi) is 4.45. The summed E-state index contributed by atoms with van der Waals surface area (Å²) in [5, 5.41) is 1.01. The highest BCUT2D eigenvalue weighted by atomic mass is 16.5. The molecule has 1 atom stereocenters. The molecular formula is C21H24N2O3. The van der Waals surface area contributed by atoms with Crippen molar-refractivity contribution in [3.63, 3.8) is 0 Å². The van der Waals surface area contributed by atoms with Gasteiger partial charge in [-0.1, -0.05) is 12.8 Å². The van der Waals surface area contributed by atoms with Crippen molar-refractivity contribution in [1.82, 2.24) is 9.47 Å². The van der Waals surface area contributed by atoms with E-state index < -0.39 is 0 Å². The van der Waals surface area contributed by atoms with E-state index in [-0.39, 0.29) is 11.9 Å². The van der Waals surface area contributed by atoms with Gasteiger partial charge in [0.1, 0.15) is 17.2 Å². The molecule has 5 heteroatoms. The normalized spacial score (nSPS) is 18.1. The molecule has 0 spiro atoms. The average Bonchev–Trinajstić information content (AvgIpc) is 3.23. The molecule has 1 aromatic carbocycles. The number of hydrogen-bond donors (Lipinski definition) is 0. The predicted octanol–water partition coefficient (Wildman–Crippen LogP) is 4.54. The lowest BCUT2D eigenvalue weighted by atomic mass is 10.1. The molecule has 1 aliphatic rings. The van der Waals surface area contributed by atoms with Gasteiger partial charge in [-0.05, 0) is 49.2 Å². The molecule has 1 unspecified atom stereocenters. The van der Waals surface area contributed by atoms with E-state index in [0.717, 1.165) is 54.6 Å². The monoisotopic (exact) mass is 352 g/mol. The summed E-state index contributed by atoms with van der Waals surface area (Å²) < 4.78 is 12.9. The number of hydrogen-bond acceptors (Lipinski definition) is 3. The molecule has 1 saturated heterocycles. The Morgan fingerprint density at radius 1 is 1.19 bits per heavy atom. The van der Waals surface area contributed by atoms with Crippen LogP contribution in [0.15, 0.2) is 47.1 Å². The van der Waals surface area contributed by atoms with E-state index in [4.69, 9.17) is 9.15 Å². The summed E-state index contributed by atoms with van der Waals surface area (Å²) in [5.41, 5.74) is 1.73. The van der Waals surface area contributed by atoms with Crippen LogP contribution in [0, 0.1) is 0 Å². The predicted molar refractivity (Wildman–Crippen MR) is 100 cm³/mol. The lowest BCUT2D eigenvalue weighted by Gasteiger charge is -2.28. The van der Waals surface area contributed by atoms with Crippen LogP contribution in [0.2, 0.25) is 0 Å². The maximum atomic E-state index is 13.4. The number of carbonyl (C=O) groups excluding carboxylic acids is 1. The molecule has 1 amide bonds. The van der Waals surface area contributed by atoms with Crippen LogP contribution < -0.4 is 4.74 Å². The van der Waals surface area contributed by atoms with Gasteiger partial charge in [-0.3, -0.25) is 4.79 Å². The van der Waals surface area contributed by atoms with Crippen molar-refractivity contribution in [3.05, 3.63) is 54.1 Å². The number of aromatic nitrogens is 1. The van der Waals surface area contributed by atoms with Crippen LogP contribution in [0.4, 0.5) is 0 Å². The van der Waals surface area contributed by atoms with Crippen LogP contribution in [-0.2, 0) is 7.05 Å². The van der Waals surface area contributed by atoms with Crippen LogP contribution in [0.25, 0.3) is 10.9 Å². The molecule has 0 saturated carbocycles. The molecule has 5 nitrogen and oxygen atoms in total. The highest BCUT2D eigenvalue weighted by Gasteiger charge is 2.30. The number of aryl methyl sites for hydroxylation is 1. The van der Waals surface area contributed by atoms with E-state index in [2.05, 4.69) is 0 Å². The van der Waals surface area contributed by atoms with Crippen LogP contribution in [0.1, 0.15) is 48.0 Å². The fourth-order valence-corrected chi connectivity index (χ4v) is 3.93. The summed E-state index contributed by atoms with van der Waals surface area (Å²) in [6, 6.07) is 11.7. The standard InChI is InChI=1S/C21H24N2O3/c1-22-17-10-9-16(25-2)13-15(17)14-19(22)21(24)23-11-5-3-4-7-18(23)20-8-6-12-26-20/h6,8-10,12-14,18H,3-5,7,11H2,1-2H3. The lowest BCUT2D eigenvalue weighted by molar-refractivity contribution is 0.0649. The Bertz CT molecular complexity index is 911. The number of ether oxygens (including phenoxy) is 1. The van der Waals surface area contributed by atoms with Crippen molar-refractivity contribution in [2.45, 2.75) is 31.7 Å². The molecule has 4 rings (SSSR count). The summed E-state index contributed by atoms with van der Waals surface area (Å²) in [6.45, 7) is 0.759. The molecule has 0 aliphatic carbocycles. The molecule has 3 aromatic rings. The molecule has 1 aliphatic heterocycles. The van der Waals surface area contributed by atoms with Crippen molar-refractivity contribution in [2.24, 2.45) is 7.05 Å². The second-order valence-electron chi connectivity index (χ2n) is 6.89. The first-order valence-corrected chi connectivity index (χ1v) is 9.17. The number of methoxy groups -OCH3 is 1. The quantitative estimate of drug-likeness (QED) is 0.695. The van der Waals surface area contributed by atoms with Crippen molar-refractivity contribution < 1.29 is 13.9 Å². The third kappa shape index (κ3) is 2.87. The molecular weight excluding hydrogens is 328 g/mol. The Labute approximate surface area is 153 Å². The number of amides is 1. The summed E-state index contributed by atoms with van der Waals surface area (Å²) >= 11 is 0. The maximum Gasteiger partial charge on any atom is 0.271 e. The first kappa shape index (κ1) is 16.8. The van der Waals surface area contributed by atoms with E-state index in [1.807, 2.05) is 52.9 Å². The van der Waals surface area contributed by atoms with Gasteiger partial charge in [-0.2, -0.15) is 0 Å². The SMILES string of the molecule is COc1ccc2c(c1)cc(C(=O)N1CCCCCC1c1ccco1)n2C. The smallest absolute Gasteiger partial charge is 0.271 e. The molecule has 0 radical (unpaired) electrons. The molecule has 0 N–H and O–H groups in total. The molecule has 0 bridgehead atoms. The van der Waals surface area contributed by atoms with Gasteiger partial charge in [0.2, 0.25) is 0 Å². The molecule has 2 aromatic heterocycles. The first-order chi connectivity index (χ1) is 12.7. The summed E-state index contributed by atoms with van der Waals surface area (Å²) in [5.74, 6) is 1.73. The summed E-state index contributed by atoms with van der Waals surface area (Å²) in [7, 11) is 3.60. The van der Waals surface area contributed by atoms with Crippen LogP contribution >= 0.6 is 0 Å². The number of furan rings is 1. The largest absolute Gasteiger partial charge is 0.497 e. The minimum atomic E-state index is 0.00699. The van der Waals surface area contributed by atoms with Crippen molar-refractivity contribution in [2.75, 3.05) is 13.7 Å². The topological polar surface area (TPSA) is 47.6 Å². The number of nitrogens with zero attached hydrogens (tertiary/aromatic N) is 2. The van der Waals surface area contributed by atoms with Gasteiger partial charge in [0.25, 0.3) is 5.91 Å². The van der Waals surface area contributed by atoms with Gasteiger partial charge in [0, 0.05) is 24.5 Å². The molecule has 1 fully saturated rings. The zero-order valence-electron chi connectivity index (χ0n) is 15.3. The van der Waals surface area contributed by atoms with Crippen LogP contribution in [0.5, 0.6) is 5.75 Å². The fraction of sp³-hybridized carbons (Fsp3) is 0.381. The van der Waals surface area contributed by atoms with Crippen molar-refractivity contribution >= 4 is 16.8 Å². The molecule has 26 heavy (non-hydrogen) atoms. The minimum absolute atomic E-state index is 0.00699. The van der Waals surface area contributed by atoms with E-state index >= 15 is 0 Å². The lowest BCUT2D eigenvalue weighted by Crippen LogP contribution is -2.35. The van der Waals surface area contributed by atoms with Gasteiger partial charge in [-0.25, -0.2) is 0 Å². The summed E-state index contributed by atoms with van der Waals surface area (Å²) in [6.07, 6.45) is 5.92. The Hall–Kier alpha value is -2.69. The van der Waals surface area contributed by atoms with Crippen LogP contribution in [0.3, 0.4) is 0 Å². The maximum absolute atomic E-state index is 13.4. The first-order valence-electron chi connectivity index (χ1n) is 9.17. The summed E-state index contributed by atoms with van der Waals surface area (Å²) in [4.78, 5) is 15.4. The van der Waals surface area contributed by atoms with E-state index in [0.29, 0.717) is 5.69 Å². The van der Waals surface area contributed by atoms with Gasteiger partial charge in [0.05, 0.1) is 19.4 Å². The third-order valence-corrected chi connectivity index (χ3v) is 5.35. The number of rotatable bonds is 3.